The van der Waals surface area contributed by atoms with Crippen molar-refractivity contribution in [2.45, 2.75) is 52.0 Å². The highest BCUT2D eigenvalue weighted by molar-refractivity contribution is 5.68. The number of carbonyl (C=O) groups excluding carboxylic acids is 1. The first-order chi connectivity index (χ1) is 7.28. The summed E-state index contributed by atoms with van der Waals surface area (Å²) in [5.41, 5.74) is -0.452. The molecular formula is C11H22N2O3. The Labute approximate surface area is 96.8 Å². The summed E-state index contributed by atoms with van der Waals surface area (Å²) in [5.74, 6) is 0. The number of hydrogen-bond acceptors (Lipinski definition) is 4. The lowest BCUT2D eigenvalue weighted by Crippen LogP contribution is -2.40. The first kappa shape index (κ1) is 13.3. The average Bonchev–Trinajstić information content (AvgIpc) is 2.48. The maximum atomic E-state index is 11.7. The molecule has 5 heteroatoms. The Morgan fingerprint density at radius 2 is 2.19 bits per heavy atom. The molecule has 2 N–H and O–H groups in total. The number of likely N-dealkylation sites (tertiary alicyclic amines) is 1. The fourth-order valence-electron chi connectivity index (χ4n) is 1.73. The van der Waals surface area contributed by atoms with E-state index in [0.29, 0.717) is 13.1 Å². The highest BCUT2D eigenvalue weighted by Gasteiger charge is 2.29. The molecule has 1 aliphatic heterocycles. The molecular weight excluding hydrogens is 208 g/mol. The van der Waals surface area contributed by atoms with Crippen molar-refractivity contribution < 1.29 is 14.6 Å². The molecule has 1 fully saturated rings. The molecule has 0 aromatic rings. The molecule has 1 rings (SSSR count). The molecule has 0 aromatic heterocycles. The lowest BCUT2D eigenvalue weighted by atomic mass is 10.2. The van der Waals surface area contributed by atoms with Crippen LogP contribution in [0.25, 0.3) is 0 Å². The molecule has 0 saturated carbocycles. The van der Waals surface area contributed by atoms with Crippen LogP contribution in [-0.4, -0.2) is 47.1 Å². The number of aliphatic hydroxyl groups excluding tert-OH is 1. The quantitative estimate of drug-likeness (QED) is 0.693. The Morgan fingerprint density at radius 1 is 1.56 bits per heavy atom. The van der Waals surface area contributed by atoms with Crippen LogP contribution in [-0.2, 0) is 4.74 Å². The Hall–Kier alpha value is -0.810. The van der Waals surface area contributed by atoms with Crippen LogP contribution in [0.5, 0.6) is 0 Å². The molecule has 0 spiro atoms. The molecule has 1 aliphatic rings. The van der Waals surface area contributed by atoms with Gasteiger partial charge in [-0.2, -0.15) is 0 Å². The summed E-state index contributed by atoms with van der Waals surface area (Å²) in [5, 5.41) is 12.2. The van der Waals surface area contributed by atoms with E-state index >= 15 is 0 Å². The standard InChI is InChI=1S/C11H22N2O3/c1-8(14)12-9-5-6-13(7-9)10(15)16-11(2,3)4/h8-9,12,14H,5-7H2,1-4H3. The largest absolute Gasteiger partial charge is 0.444 e. The monoisotopic (exact) mass is 230 g/mol. The fraction of sp³-hybridized carbons (Fsp3) is 0.909. The van der Waals surface area contributed by atoms with Gasteiger partial charge in [-0.1, -0.05) is 0 Å². The van der Waals surface area contributed by atoms with Gasteiger partial charge < -0.3 is 14.7 Å². The third kappa shape index (κ3) is 4.37. The van der Waals surface area contributed by atoms with Gasteiger partial charge in [0.2, 0.25) is 0 Å². The molecule has 1 saturated heterocycles. The van der Waals surface area contributed by atoms with Crippen molar-refractivity contribution in [1.82, 2.24) is 10.2 Å². The average molecular weight is 230 g/mol. The number of carbonyl (C=O) groups is 1. The Kier molecular flexibility index (Phi) is 4.15. The van der Waals surface area contributed by atoms with E-state index in [1.54, 1.807) is 11.8 Å². The lowest BCUT2D eigenvalue weighted by Gasteiger charge is -2.24. The van der Waals surface area contributed by atoms with E-state index < -0.39 is 11.8 Å². The maximum Gasteiger partial charge on any atom is 0.410 e. The maximum absolute atomic E-state index is 11.7. The second-order valence-corrected chi connectivity index (χ2v) is 5.25. The number of nitrogens with one attached hydrogen (secondary N) is 1. The topological polar surface area (TPSA) is 61.8 Å². The Bertz CT molecular complexity index is 248. The SMILES string of the molecule is CC(O)NC1CCN(C(=O)OC(C)(C)C)C1. The van der Waals surface area contributed by atoms with Gasteiger partial charge in [0.1, 0.15) is 11.8 Å². The predicted molar refractivity (Wildman–Crippen MR) is 61.0 cm³/mol. The summed E-state index contributed by atoms with van der Waals surface area (Å²) < 4.78 is 5.27. The van der Waals surface area contributed by atoms with E-state index in [1.165, 1.54) is 0 Å². The van der Waals surface area contributed by atoms with Gasteiger partial charge in [-0.25, -0.2) is 4.79 Å². The van der Waals surface area contributed by atoms with Crippen molar-refractivity contribution >= 4 is 6.09 Å². The van der Waals surface area contributed by atoms with Gasteiger partial charge in [-0.15, -0.1) is 0 Å². The summed E-state index contributed by atoms with van der Waals surface area (Å²) in [6, 6.07) is 0.160. The third-order valence-electron chi connectivity index (χ3n) is 2.32. The number of hydrogen-bond donors (Lipinski definition) is 2. The zero-order chi connectivity index (χ0) is 12.3. The molecule has 94 valence electrons. The van der Waals surface area contributed by atoms with E-state index in [4.69, 9.17) is 4.74 Å². The third-order valence-corrected chi connectivity index (χ3v) is 2.32. The minimum atomic E-state index is -0.538. The molecule has 0 bridgehead atoms. The second kappa shape index (κ2) is 5.01. The second-order valence-electron chi connectivity index (χ2n) is 5.25. The Balaban J connectivity index is 2.38. The number of ether oxygens (including phenoxy) is 1. The fourth-order valence-corrected chi connectivity index (χ4v) is 1.73. The van der Waals surface area contributed by atoms with Crippen LogP contribution in [0, 0.1) is 0 Å². The van der Waals surface area contributed by atoms with Crippen LogP contribution in [0.15, 0.2) is 0 Å². The minimum Gasteiger partial charge on any atom is -0.444 e. The van der Waals surface area contributed by atoms with E-state index in [2.05, 4.69) is 5.32 Å². The van der Waals surface area contributed by atoms with Gasteiger partial charge in [0.15, 0.2) is 0 Å². The summed E-state index contributed by atoms with van der Waals surface area (Å²) in [6.45, 7) is 8.51. The normalized spacial score (nSPS) is 23.3. The molecule has 2 atom stereocenters. The van der Waals surface area contributed by atoms with Crippen molar-refractivity contribution in [3.63, 3.8) is 0 Å². The summed E-state index contributed by atoms with van der Waals surface area (Å²) in [6.07, 6.45) is 0.0374. The van der Waals surface area contributed by atoms with Crippen LogP contribution < -0.4 is 5.32 Å². The molecule has 0 aromatic carbocycles. The van der Waals surface area contributed by atoms with Crippen LogP contribution in [0.4, 0.5) is 4.79 Å². The van der Waals surface area contributed by atoms with Gasteiger partial charge in [-0.05, 0) is 34.1 Å². The molecule has 5 nitrogen and oxygen atoms in total. The van der Waals surface area contributed by atoms with Crippen LogP contribution in [0.1, 0.15) is 34.1 Å². The summed E-state index contributed by atoms with van der Waals surface area (Å²) in [7, 11) is 0. The highest BCUT2D eigenvalue weighted by atomic mass is 16.6. The lowest BCUT2D eigenvalue weighted by molar-refractivity contribution is 0.0285. The van der Waals surface area contributed by atoms with Crippen molar-refractivity contribution in [3.05, 3.63) is 0 Å². The molecule has 1 heterocycles. The summed E-state index contributed by atoms with van der Waals surface area (Å²) in [4.78, 5) is 13.4. The van der Waals surface area contributed by atoms with Crippen LogP contribution in [0.2, 0.25) is 0 Å². The molecule has 0 radical (unpaired) electrons. The van der Waals surface area contributed by atoms with Crippen molar-refractivity contribution in [2.24, 2.45) is 0 Å². The van der Waals surface area contributed by atoms with E-state index in [-0.39, 0.29) is 12.1 Å². The van der Waals surface area contributed by atoms with E-state index in [0.717, 1.165) is 6.42 Å². The molecule has 2 unspecified atom stereocenters. The van der Waals surface area contributed by atoms with Crippen LogP contribution in [0.3, 0.4) is 0 Å². The van der Waals surface area contributed by atoms with Crippen LogP contribution >= 0.6 is 0 Å². The zero-order valence-corrected chi connectivity index (χ0v) is 10.5. The Morgan fingerprint density at radius 3 is 2.69 bits per heavy atom. The van der Waals surface area contributed by atoms with Crippen molar-refractivity contribution in [1.29, 1.82) is 0 Å². The summed E-state index contributed by atoms with van der Waals surface area (Å²) >= 11 is 0. The first-order valence-electron chi connectivity index (χ1n) is 5.70. The number of amides is 1. The van der Waals surface area contributed by atoms with Crippen molar-refractivity contribution in [3.8, 4) is 0 Å². The molecule has 0 aliphatic carbocycles. The van der Waals surface area contributed by atoms with Crippen molar-refractivity contribution in [2.75, 3.05) is 13.1 Å². The smallest absolute Gasteiger partial charge is 0.410 e. The highest BCUT2D eigenvalue weighted by Crippen LogP contribution is 2.15. The molecule has 16 heavy (non-hydrogen) atoms. The number of nitrogens with zero attached hydrogens (tertiary/aromatic N) is 1. The van der Waals surface area contributed by atoms with Gasteiger partial charge in [0, 0.05) is 19.1 Å². The van der Waals surface area contributed by atoms with Gasteiger partial charge in [0.25, 0.3) is 0 Å². The van der Waals surface area contributed by atoms with E-state index in [9.17, 15) is 9.90 Å². The predicted octanol–water partition coefficient (Wildman–Crippen LogP) is 0.924. The molecule has 1 amide bonds. The zero-order valence-electron chi connectivity index (χ0n) is 10.5. The van der Waals surface area contributed by atoms with E-state index in [1.807, 2.05) is 20.8 Å². The number of rotatable bonds is 2. The number of aliphatic hydroxyl groups is 1. The van der Waals surface area contributed by atoms with Gasteiger partial charge in [-0.3, -0.25) is 5.32 Å². The minimum absolute atomic E-state index is 0.160. The van der Waals surface area contributed by atoms with Gasteiger partial charge >= 0.3 is 6.09 Å². The first-order valence-corrected chi connectivity index (χ1v) is 5.70. The van der Waals surface area contributed by atoms with Gasteiger partial charge in [0.05, 0.1) is 0 Å².